The first-order chi connectivity index (χ1) is 9.70. The van der Waals surface area contributed by atoms with Crippen LogP contribution >= 0.6 is 0 Å². The summed E-state index contributed by atoms with van der Waals surface area (Å²) in [6.45, 7) is 10.2. The Morgan fingerprint density at radius 3 is 2.60 bits per heavy atom. The molecule has 1 spiro atoms. The molecule has 3 atom stereocenters. The molecule has 0 aromatic heterocycles. The van der Waals surface area contributed by atoms with Gasteiger partial charge in [0.25, 0.3) is 0 Å². The molecule has 3 fully saturated rings. The van der Waals surface area contributed by atoms with Crippen molar-refractivity contribution in [2.75, 3.05) is 26.2 Å². The van der Waals surface area contributed by atoms with Gasteiger partial charge in [0.1, 0.15) is 0 Å². The van der Waals surface area contributed by atoms with E-state index in [9.17, 15) is 0 Å². The van der Waals surface area contributed by atoms with Crippen LogP contribution < -0.4 is 5.32 Å². The number of likely N-dealkylation sites (tertiary alicyclic amines) is 1. The van der Waals surface area contributed by atoms with Crippen molar-refractivity contribution in [1.29, 1.82) is 0 Å². The van der Waals surface area contributed by atoms with Gasteiger partial charge in [-0.3, -0.25) is 4.90 Å². The van der Waals surface area contributed by atoms with Gasteiger partial charge in [-0.1, -0.05) is 26.7 Å². The molecular formula is C18H34N2. The smallest absolute Gasteiger partial charge is 0.0126 e. The van der Waals surface area contributed by atoms with Crippen LogP contribution in [-0.2, 0) is 0 Å². The summed E-state index contributed by atoms with van der Waals surface area (Å²) in [5.74, 6) is 1.82. The van der Waals surface area contributed by atoms with Crippen LogP contribution in [0.1, 0.15) is 65.2 Å². The highest BCUT2D eigenvalue weighted by Gasteiger charge is 2.41. The molecule has 20 heavy (non-hydrogen) atoms. The van der Waals surface area contributed by atoms with Crippen molar-refractivity contribution >= 4 is 0 Å². The third-order valence-corrected chi connectivity index (χ3v) is 6.36. The Balaban J connectivity index is 1.68. The average Bonchev–Trinajstić information content (AvgIpc) is 2.48. The lowest BCUT2D eigenvalue weighted by Crippen LogP contribution is -2.56. The Kier molecular flexibility index (Phi) is 4.72. The molecule has 0 amide bonds. The van der Waals surface area contributed by atoms with Gasteiger partial charge in [0.2, 0.25) is 0 Å². The highest BCUT2D eigenvalue weighted by atomic mass is 15.2. The summed E-state index contributed by atoms with van der Waals surface area (Å²) in [5, 5.41) is 3.68. The third kappa shape index (κ3) is 3.06. The summed E-state index contributed by atoms with van der Waals surface area (Å²) in [6, 6.07) is 0.892. The van der Waals surface area contributed by atoms with E-state index in [4.69, 9.17) is 0 Å². The fourth-order valence-corrected chi connectivity index (χ4v) is 5.28. The molecule has 1 saturated carbocycles. The fourth-order valence-electron chi connectivity index (χ4n) is 5.28. The van der Waals surface area contributed by atoms with Crippen molar-refractivity contribution < 1.29 is 0 Å². The summed E-state index contributed by atoms with van der Waals surface area (Å²) in [5.41, 5.74) is 0.621. The summed E-state index contributed by atoms with van der Waals surface area (Å²) < 4.78 is 0. The molecule has 3 aliphatic rings. The number of rotatable bonds is 2. The molecule has 3 rings (SSSR count). The minimum absolute atomic E-state index is 0.621. The first kappa shape index (κ1) is 14.8. The van der Waals surface area contributed by atoms with Crippen LogP contribution in [0.25, 0.3) is 0 Å². The molecule has 1 N–H and O–H groups in total. The summed E-state index contributed by atoms with van der Waals surface area (Å²) >= 11 is 0. The van der Waals surface area contributed by atoms with Gasteiger partial charge in [0, 0.05) is 19.1 Å². The van der Waals surface area contributed by atoms with Crippen LogP contribution in [0.4, 0.5) is 0 Å². The Hall–Kier alpha value is -0.0800. The van der Waals surface area contributed by atoms with E-state index >= 15 is 0 Å². The van der Waals surface area contributed by atoms with E-state index < -0.39 is 0 Å². The zero-order valence-corrected chi connectivity index (χ0v) is 13.7. The van der Waals surface area contributed by atoms with Gasteiger partial charge in [-0.05, 0) is 68.9 Å². The van der Waals surface area contributed by atoms with Crippen LogP contribution in [0, 0.1) is 17.3 Å². The number of hydrogen-bond acceptors (Lipinski definition) is 2. The van der Waals surface area contributed by atoms with Gasteiger partial charge in [0.15, 0.2) is 0 Å². The van der Waals surface area contributed by atoms with Gasteiger partial charge in [0.05, 0.1) is 0 Å². The Labute approximate surface area is 125 Å². The second kappa shape index (κ2) is 6.36. The van der Waals surface area contributed by atoms with Gasteiger partial charge >= 0.3 is 0 Å². The normalized spacial score (nSPS) is 40.4. The van der Waals surface area contributed by atoms with Crippen molar-refractivity contribution in [3.63, 3.8) is 0 Å². The van der Waals surface area contributed by atoms with Crippen LogP contribution in [-0.4, -0.2) is 37.1 Å². The summed E-state index contributed by atoms with van der Waals surface area (Å²) in [7, 11) is 0. The maximum absolute atomic E-state index is 3.68. The molecule has 2 heteroatoms. The zero-order valence-electron chi connectivity index (χ0n) is 13.7. The Morgan fingerprint density at radius 2 is 1.85 bits per heavy atom. The quantitative estimate of drug-likeness (QED) is 0.829. The zero-order chi connectivity index (χ0) is 14.0. The molecule has 2 heterocycles. The van der Waals surface area contributed by atoms with E-state index in [1.165, 1.54) is 77.5 Å². The fraction of sp³-hybridized carbons (Fsp3) is 1.00. The lowest BCUT2D eigenvalue weighted by atomic mass is 9.71. The van der Waals surface area contributed by atoms with Crippen molar-refractivity contribution in [1.82, 2.24) is 10.2 Å². The molecule has 0 bridgehead atoms. The monoisotopic (exact) mass is 278 g/mol. The SMILES string of the molecule is CC(C)C1CCCCC1N1CCCC2(CCCNC2)C1. The lowest BCUT2D eigenvalue weighted by molar-refractivity contribution is -0.00307. The van der Waals surface area contributed by atoms with E-state index in [1.807, 2.05) is 0 Å². The summed E-state index contributed by atoms with van der Waals surface area (Å²) in [4.78, 5) is 2.92. The Morgan fingerprint density at radius 1 is 1.05 bits per heavy atom. The number of piperidine rings is 2. The molecule has 0 aromatic rings. The van der Waals surface area contributed by atoms with E-state index in [0.717, 1.165) is 17.9 Å². The van der Waals surface area contributed by atoms with Gasteiger partial charge in [-0.15, -0.1) is 0 Å². The molecule has 3 unspecified atom stereocenters. The van der Waals surface area contributed by atoms with E-state index in [-0.39, 0.29) is 0 Å². The number of nitrogens with one attached hydrogen (secondary N) is 1. The van der Waals surface area contributed by atoms with Crippen LogP contribution in [0.15, 0.2) is 0 Å². The van der Waals surface area contributed by atoms with Crippen molar-refractivity contribution in [3.8, 4) is 0 Å². The van der Waals surface area contributed by atoms with E-state index in [2.05, 4.69) is 24.1 Å². The van der Waals surface area contributed by atoms with Crippen molar-refractivity contribution in [2.24, 2.45) is 17.3 Å². The predicted molar refractivity (Wildman–Crippen MR) is 85.9 cm³/mol. The molecule has 2 aliphatic heterocycles. The van der Waals surface area contributed by atoms with Gasteiger partial charge < -0.3 is 5.32 Å². The standard InChI is InChI=1S/C18H34N2/c1-15(2)16-7-3-4-8-17(16)20-12-6-10-18(14-20)9-5-11-19-13-18/h15-17,19H,3-14H2,1-2H3. The highest BCUT2D eigenvalue weighted by Crippen LogP contribution is 2.40. The van der Waals surface area contributed by atoms with Gasteiger partial charge in [-0.2, -0.15) is 0 Å². The first-order valence-corrected chi connectivity index (χ1v) is 9.15. The molecular weight excluding hydrogens is 244 g/mol. The number of hydrogen-bond donors (Lipinski definition) is 1. The molecule has 2 saturated heterocycles. The summed E-state index contributed by atoms with van der Waals surface area (Å²) in [6.07, 6.45) is 11.6. The average molecular weight is 278 g/mol. The first-order valence-electron chi connectivity index (χ1n) is 9.15. The van der Waals surface area contributed by atoms with Crippen molar-refractivity contribution in [2.45, 2.75) is 71.3 Å². The van der Waals surface area contributed by atoms with E-state index in [0.29, 0.717) is 5.41 Å². The highest BCUT2D eigenvalue weighted by molar-refractivity contribution is 4.95. The molecule has 116 valence electrons. The van der Waals surface area contributed by atoms with Gasteiger partial charge in [-0.25, -0.2) is 0 Å². The van der Waals surface area contributed by atoms with Crippen LogP contribution in [0.3, 0.4) is 0 Å². The maximum atomic E-state index is 3.68. The molecule has 0 aromatic carbocycles. The predicted octanol–water partition coefficient (Wildman–Crippen LogP) is 3.67. The minimum atomic E-state index is 0.621. The largest absolute Gasteiger partial charge is 0.316 e. The molecule has 2 nitrogen and oxygen atoms in total. The topological polar surface area (TPSA) is 15.3 Å². The molecule has 0 radical (unpaired) electrons. The van der Waals surface area contributed by atoms with Crippen LogP contribution in [0.2, 0.25) is 0 Å². The minimum Gasteiger partial charge on any atom is -0.316 e. The third-order valence-electron chi connectivity index (χ3n) is 6.36. The Bertz CT molecular complexity index is 301. The van der Waals surface area contributed by atoms with E-state index in [1.54, 1.807) is 0 Å². The molecule has 1 aliphatic carbocycles. The van der Waals surface area contributed by atoms with Crippen molar-refractivity contribution in [3.05, 3.63) is 0 Å². The van der Waals surface area contributed by atoms with Crippen LogP contribution in [0.5, 0.6) is 0 Å². The second-order valence-electron chi connectivity index (χ2n) is 8.11. The lowest BCUT2D eigenvalue weighted by Gasteiger charge is -2.51. The maximum Gasteiger partial charge on any atom is 0.0126 e. The second-order valence-corrected chi connectivity index (χ2v) is 8.11. The number of nitrogens with zero attached hydrogens (tertiary/aromatic N) is 1.